The molecule has 0 saturated heterocycles. The molecule has 0 nitrogen and oxygen atoms in total. The molecule has 0 heterocycles. The summed E-state index contributed by atoms with van der Waals surface area (Å²) in [5, 5.41) is 0. The molecule has 118 valence electrons. The average molecular weight is 318 g/mol. The van der Waals surface area contributed by atoms with E-state index in [0.717, 1.165) is 6.42 Å². The molecular formula is C25H18. The topological polar surface area (TPSA) is 0 Å². The monoisotopic (exact) mass is 318 g/mol. The van der Waals surface area contributed by atoms with E-state index in [9.17, 15) is 0 Å². The van der Waals surface area contributed by atoms with Crippen molar-refractivity contribution in [1.82, 2.24) is 0 Å². The number of hydrogen-bond acceptors (Lipinski definition) is 0. The summed E-state index contributed by atoms with van der Waals surface area (Å²) in [6, 6.07) is 35.0. The van der Waals surface area contributed by atoms with Gasteiger partial charge >= 0.3 is 0 Å². The maximum atomic E-state index is 2.35. The fourth-order valence-electron chi connectivity index (χ4n) is 3.81. The zero-order chi connectivity index (χ0) is 16.6. The molecule has 0 N–H and O–H groups in total. The van der Waals surface area contributed by atoms with E-state index in [1.54, 1.807) is 0 Å². The third-order valence-electron chi connectivity index (χ3n) is 5.12. The highest BCUT2D eigenvalue weighted by Crippen LogP contribution is 2.38. The Bertz CT molecular complexity index is 1040. The highest BCUT2D eigenvalue weighted by atomic mass is 14.2. The van der Waals surface area contributed by atoms with Gasteiger partial charge in [-0.05, 0) is 50.9 Å². The normalized spacial score (nSPS) is 11.8. The van der Waals surface area contributed by atoms with Gasteiger partial charge in [0.2, 0.25) is 0 Å². The van der Waals surface area contributed by atoms with Gasteiger partial charge in [-0.25, -0.2) is 0 Å². The maximum Gasteiger partial charge on any atom is -0.00132 e. The second-order valence-corrected chi connectivity index (χ2v) is 6.65. The van der Waals surface area contributed by atoms with Crippen molar-refractivity contribution in [3.05, 3.63) is 108 Å². The van der Waals surface area contributed by atoms with Crippen LogP contribution in [0.15, 0.2) is 97.1 Å². The Morgan fingerprint density at radius 3 is 1.76 bits per heavy atom. The van der Waals surface area contributed by atoms with Crippen LogP contribution >= 0.6 is 0 Å². The fourth-order valence-corrected chi connectivity index (χ4v) is 3.81. The average Bonchev–Trinajstić information content (AvgIpc) is 3.06. The third-order valence-corrected chi connectivity index (χ3v) is 5.12. The molecule has 4 aromatic rings. The van der Waals surface area contributed by atoms with Crippen LogP contribution in [-0.2, 0) is 6.42 Å². The van der Waals surface area contributed by atoms with E-state index >= 15 is 0 Å². The molecule has 0 spiro atoms. The minimum Gasteiger partial charge on any atom is -0.0622 e. The van der Waals surface area contributed by atoms with Crippen LogP contribution in [0.25, 0.3) is 33.4 Å². The molecule has 0 unspecified atom stereocenters. The number of hydrogen-bond donors (Lipinski definition) is 0. The summed E-state index contributed by atoms with van der Waals surface area (Å²) in [6.45, 7) is 0. The predicted molar refractivity (Wildman–Crippen MR) is 106 cm³/mol. The van der Waals surface area contributed by atoms with E-state index in [0.29, 0.717) is 0 Å². The van der Waals surface area contributed by atoms with Crippen molar-refractivity contribution in [2.24, 2.45) is 0 Å². The van der Waals surface area contributed by atoms with Crippen LogP contribution < -0.4 is 0 Å². The first-order valence-corrected chi connectivity index (χ1v) is 8.75. The van der Waals surface area contributed by atoms with E-state index in [4.69, 9.17) is 0 Å². The highest BCUT2D eigenvalue weighted by molar-refractivity contribution is 5.80. The standard InChI is InChI=1S/C25H18/c1-2-6-18(7-3-1)19-10-12-20(13-11-19)21-14-15-25-23(16-21)17-22-8-4-5-9-24(22)25/h1-16H,17H2. The first-order valence-electron chi connectivity index (χ1n) is 8.75. The van der Waals surface area contributed by atoms with Crippen molar-refractivity contribution < 1.29 is 0 Å². The van der Waals surface area contributed by atoms with Gasteiger partial charge in [-0.3, -0.25) is 0 Å². The number of benzene rings is 4. The van der Waals surface area contributed by atoms with Crippen LogP contribution in [0, 0.1) is 0 Å². The molecule has 0 amide bonds. The van der Waals surface area contributed by atoms with Gasteiger partial charge in [-0.1, -0.05) is 97.1 Å². The molecule has 0 radical (unpaired) electrons. The smallest absolute Gasteiger partial charge is 0.00132 e. The van der Waals surface area contributed by atoms with E-state index in [2.05, 4.69) is 97.1 Å². The molecule has 0 fully saturated rings. The van der Waals surface area contributed by atoms with Crippen LogP contribution in [0.2, 0.25) is 0 Å². The molecule has 25 heavy (non-hydrogen) atoms. The van der Waals surface area contributed by atoms with Crippen molar-refractivity contribution in [3.63, 3.8) is 0 Å². The lowest BCUT2D eigenvalue weighted by Gasteiger charge is -2.07. The second-order valence-electron chi connectivity index (χ2n) is 6.65. The molecule has 0 saturated carbocycles. The molecule has 5 rings (SSSR count). The molecule has 0 atom stereocenters. The largest absolute Gasteiger partial charge is 0.0622 e. The van der Waals surface area contributed by atoms with Crippen molar-refractivity contribution >= 4 is 0 Å². The minimum atomic E-state index is 1.04. The van der Waals surface area contributed by atoms with Crippen LogP contribution in [0.3, 0.4) is 0 Å². The van der Waals surface area contributed by atoms with Crippen molar-refractivity contribution in [3.8, 4) is 33.4 Å². The van der Waals surface area contributed by atoms with Gasteiger partial charge in [0.25, 0.3) is 0 Å². The lowest BCUT2D eigenvalue weighted by molar-refractivity contribution is 1.26. The van der Waals surface area contributed by atoms with Crippen LogP contribution in [-0.4, -0.2) is 0 Å². The summed E-state index contributed by atoms with van der Waals surface area (Å²) in [7, 11) is 0. The Labute approximate surface area is 148 Å². The van der Waals surface area contributed by atoms with Crippen molar-refractivity contribution in [2.75, 3.05) is 0 Å². The Hall–Kier alpha value is -3.12. The van der Waals surface area contributed by atoms with E-state index in [-0.39, 0.29) is 0 Å². The first kappa shape index (κ1) is 14.2. The quantitative estimate of drug-likeness (QED) is 0.344. The SMILES string of the molecule is c1ccc(-c2ccc(-c3ccc4c(c3)Cc3ccccc3-4)cc2)cc1. The molecule has 0 bridgehead atoms. The Balaban J connectivity index is 1.50. The van der Waals surface area contributed by atoms with Gasteiger partial charge in [0.1, 0.15) is 0 Å². The van der Waals surface area contributed by atoms with Crippen molar-refractivity contribution in [2.45, 2.75) is 6.42 Å². The van der Waals surface area contributed by atoms with Gasteiger partial charge in [-0.2, -0.15) is 0 Å². The molecule has 1 aliphatic carbocycles. The molecule has 1 aliphatic rings. The number of fused-ring (bicyclic) bond motifs is 3. The second kappa shape index (κ2) is 5.75. The Morgan fingerprint density at radius 2 is 0.960 bits per heavy atom. The Morgan fingerprint density at radius 1 is 0.400 bits per heavy atom. The van der Waals surface area contributed by atoms with Gasteiger partial charge in [0.05, 0.1) is 0 Å². The van der Waals surface area contributed by atoms with Crippen molar-refractivity contribution in [1.29, 1.82) is 0 Å². The van der Waals surface area contributed by atoms with E-state index in [1.165, 1.54) is 44.5 Å². The van der Waals surface area contributed by atoms with Gasteiger partial charge < -0.3 is 0 Å². The van der Waals surface area contributed by atoms with Crippen LogP contribution in [0.5, 0.6) is 0 Å². The predicted octanol–water partition coefficient (Wildman–Crippen LogP) is 6.59. The summed E-state index contributed by atoms with van der Waals surface area (Å²) in [4.78, 5) is 0. The summed E-state index contributed by atoms with van der Waals surface area (Å²) in [5.41, 5.74) is 10.8. The lowest BCUT2D eigenvalue weighted by Crippen LogP contribution is -1.84. The van der Waals surface area contributed by atoms with E-state index < -0.39 is 0 Å². The Kier molecular flexibility index (Phi) is 3.28. The van der Waals surface area contributed by atoms with Crippen LogP contribution in [0.1, 0.15) is 11.1 Å². The maximum absolute atomic E-state index is 2.35. The zero-order valence-corrected chi connectivity index (χ0v) is 13.9. The molecular weight excluding hydrogens is 300 g/mol. The van der Waals surface area contributed by atoms with Gasteiger partial charge in [0.15, 0.2) is 0 Å². The summed E-state index contributed by atoms with van der Waals surface area (Å²) < 4.78 is 0. The highest BCUT2D eigenvalue weighted by Gasteiger charge is 2.17. The first-order chi connectivity index (χ1) is 12.4. The minimum absolute atomic E-state index is 1.04. The summed E-state index contributed by atoms with van der Waals surface area (Å²) in [5.74, 6) is 0. The number of rotatable bonds is 2. The van der Waals surface area contributed by atoms with E-state index in [1.807, 2.05) is 0 Å². The van der Waals surface area contributed by atoms with Gasteiger partial charge in [-0.15, -0.1) is 0 Å². The lowest BCUT2D eigenvalue weighted by atomic mass is 9.97. The molecule has 0 heteroatoms. The zero-order valence-electron chi connectivity index (χ0n) is 13.9. The molecule has 0 aromatic heterocycles. The summed E-state index contributed by atoms with van der Waals surface area (Å²) >= 11 is 0. The van der Waals surface area contributed by atoms with Gasteiger partial charge in [0, 0.05) is 0 Å². The summed E-state index contributed by atoms with van der Waals surface area (Å²) in [6.07, 6.45) is 1.04. The fraction of sp³-hybridized carbons (Fsp3) is 0.0400. The molecule has 4 aromatic carbocycles. The van der Waals surface area contributed by atoms with Crippen LogP contribution in [0.4, 0.5) is 0 Å². The molecule has 0 aliphatic heterocycles. The third kappa shape index (κ3) is 2.47.